The summed E-state index contributed by atoms with van der Waals surface area (Å²) in [6.45, 7) is 2.54. The molecule has 37 heavy (non-hydrogen) atoms. The maximum atomic E-state index is 12.3. The summed E-state index contributed by atoms with van der Waals surface area (Å²) < 4.78 is 7.24. The second-order valence-electron chi connectivity index (χ2n) is 8.46. The van der Waals surface area contributed by atoms with E-state index in [0.29, 0.717) is 22.2 Å². The summed E-state index contributed by atoms with van der Waals surface area (Å²) in [5.41, 5.74) is 5.86. The Bertz CT molecular complexity index is 1410. The maximum Gasteiger partial charge on any atom is 0.305 e. The normalized spacial score (nSPS) is 10.8. The number of ether oxygens (including phenoxy) is 1. The molecule has 0 bridgehead atoms. The van der Waals surface area contributed by atoms with Crippen molar-refractivity contribution in [2.45, 2.75) is 19.9 Å². The van der Waals surface area contributed by atoms with Crippen molar-refractivity contribution in [2.24, 2.45) is 0 Å². The second kappa shape index (κ2) is 11.5. The molecule has 0 atom stereocenters. The molecule has 2 N–H and O–H groups in total. The van der Waals surface area contributed by atoms with Gasteiger partial charge < -0.3 is 15.2 Å². The van der Waals surface area contributed by atoms with E-state index in [1.807, 2.05) is 60.1 Å². The zero-order valence-electron chi connectivity index (χ0n) is 20.3. The molecule has 1 amide bonds. The van der Waals surface area contributed by atoms with Gasteiger partial charge in [-0.3, -0.25) is 14.3 Å². The molecule has 190 valence electrons. The number of nitrogens with zero attached hydrogens (tertiary/aromatic N) is 2. The number of hydrogen-bond donors (Lipinski definition) is 2. The molecule has 1 aromatic heterocycles. The van der Waals surface area contributed by atoms with Crippen LogP contribution in [0.1, 0.15) is 27.9 Å². The van der Waals surface area contributed by atoms with Crippen LogP contribution in [0.3, 0.4) is 0 Å². The van der Waals surface area contributed by atoms with Crippen molar-refractivity contribution in [3.05, 3.63) is 93.5 Å². The number of rotatable bonds is 9. The number of benzene rings is 3. The van der Waals surface area contributed by atoms with E-state index in [1.54, 1.807) is 25.3 Å². The first-order chi connectivity index (χ1) is 17.7. The highest BCUT2D eigenvalue weighted by molar-refractivity contribution is 6.35. The van der Waals surface area contributed by atoms with Crippen molar-refractivity contribution in [2.75, 3.05) is 13.7 Å². The van der Waals surface area contributed by atoms with Crippen molar-refractivity contribution in [3.8, 4) is 28.3 Å². The minimum Gasteiger partial charge on any atom is -0.497 e. The lowest BCUT2D eigenvalue weighted by molar-refractivity contribution is -0.136. The molecule has 0 aliphatic carbocycles. The first-order valence-corrected chi connectivity index (χ1v) is 12.3. The van der Waals surface area contributed by atoms with Crippen LogP contribution in [-0.4, -0.2) is 40.4 Å². The summed E-state index contributed by atoms with van der Waals surface area (Å²) in [5.74, 6) is -0.523. The van der Waals surface area contributed by atoms with Crippen LogP contribution in [0.25, 0.3) is 22.5 Å². The molecule has 0 unspecified atom stereocenters. The predicted octanol–water partition coefficient (Wildman–Crippen LogP) is 6.09. The summed E-state index contributed by atoms with van der Waals surface area (Å²) >= 11 is 12.5. The lowest BCUT2D eigenvalue weighted by Gasteiger charge is -2.10. The smallest absolute Gasteiger partial charge is 0.305 e. The number of halogens is 2. The molecule has 4 aromatic rings. The van der Waals surface area contributed by atoms with Gasteiger partial charge in [-0.1, -0.05) is 35.3 Å². The number of aromatic nitrogens is 2. The van der Waals surface area contributed by atoms with Crippen LogP contribution < -0.4 is 10.1 Å². The lowest BCUT2D eigenvalue weighted by atomic mass is 10.0. The van der Waals surface area contributed by atoms with Crippen molar-refractivity contribution < 1.29 is 19.4 Å². The van der Waals surface area contributed by atoms with E-state index in [9.17, 15) is 9.59 Å². The third kappa shape index (κ3) is 6.31. The number of carbonyl (C=O) groups is 2. The Morgan fingerprint density at radius 2 is 1.62 bits per heavy atom. The molecule has 3 aromatic carbocycles. The number of hydrogen-bond acceptors (Lipinski definition) is 4. The van der Waals surface area contributed by atoms with Gasteiger partial charge in [0.05, 0.1) is 31.5 Å². The molecule has 0 aliphatic rings. The van der Waals surface area contributed by atoms with E-state index < -0.39 is 5.97 Å². The molecule has 9 heteroatoms. The zero-order valence-corrected chi connectivity index (χ0v) is 21.8. The van der Waals surface area contributed by atoms with Gasteiger partial charge in [-0.15, -0.1) is 0 Å². The van der Waals surface area contributed by atoms with Crippen molar-refractivity contribution in [1.29, 1.82) is 0 Å². The Morgan fingerprint density at radius 1 is 0.973 bits per heavy atom. The Labute approximate surface area is 224 Å². The molecule has 4 rings (SSSR count). The highest BCUT2D eigenvalue weighted by Crippen LogP contribution is 2.35. The predicted molar refractivity (Wildman–Crippen MR) is 145 cm³/mol. The minimum atomic E-state index is -0.961. The van der Waals surface area contributed by atoms with E-state index in [2.05, 4.69) is 5.32 Å². The molecular formula is C28H25Cl2N3O4. The Balaban J connectivity index is 1.67. The monoisotopic (exact) mass is 537 g/mol. The van der Waals surface area contributed by atoms with Gasteiger partial charge in [0, 0.05) is 38.8 Å². The van der Waals surface area contributed by atoms with Crippen molar-refractivity contribution in [3.63, 3.8) is 0 Å². The number of amides is 1. The van der Waals surface area contributed by atoms with E-state index in [1.165, 1.54) is 0 Å². The van der Waals surface area contributed by atoms with Crippen LogP contribution >= 0.6 is 23.2 Å². The summed E-state index contributed by atoms with van der Waals surface area (Å²) in [6, 6.07) is 20.3. The van der Waals surface area contributed by atoms with Gasteiger partial charge in [-0.2, -0.15) is 5.10 Å². The molecule has 0 saturated heterocycles. The van der Waals surface area contributed by atoms with Gasteiger partial charge in [0.15, 0.2) is 0 Å². The Morgan fingerprint density at radius 3 is 2.22 bits per heavy atom. The molecular weight excluding hydrogens is 513 g/mol. The van der Waals surface area contributed by atoms with Gasteiger partial charge in [0.2, 0.25) is 0 Å². The molecule has 0 saturated carbocycles. The number of carboxylic acids is 1. The van der Waals surface area contributed by atoms with Crippen LogP contribution in [0.5, 0.6) is 5.75 Å². The molecule has 7 nitrogen and oxygen atoms in total. The molecule has 0 radical (unpaired) electrons. The first kappa shape index (κ1) is 26.3. The fraction of sp³-hybridized carbons (Fsp3) is 0.179. The fourth-order valence-electron chi connectivity index (χ4n) is 4.06. The second-order valence-corrected chi connectivity index (χ2v) is 9.34. The summed E-state index contributed by atoms with van der Waals surface area (Å²) in [4.78, 5) is 23.0. The Kier molecular flexibility index (Phi) is 8.16. The maximum absolute atomic E-state index is 12.3. The van der Waals surface area contributed by atoms with Crippen LogP contribution in [-0.2, 0) is 11.3 Å². The highest BCUT2D eigenvalue weighted by atomic mass is 35.5. The summed E-state index contributed by atoms with van der Waals surface area (Å²) in [6.07, 6.45) is -0.128. The van der Waals surface area contributed by atoms with Crippen LogP contribution in [0.15, 0.2) is 66.7 Å². The number of nitrogens with one attached hydrogen (secondary N) is 1. The van der Waals surface area contributed by atoms with Gasteiger partial charge in [0.1, 0.15) is 5.75 Å². The Hall–Kier alpha value is -3.81. The average Bonchev–Trinajstić information content (AvgIpc) is 3.19. The van der Waals surface area contributed by atoms with Gasteiger partial charge in [-0.25, -0.2) is 0 Å². The zero-order chi connectivity index (χ0) is 26.5. The van der Waals surface area contributed by atoms with Crippen LogP contribution in [0.4, 0.5) is 0 Å². The minimum absolute atomic E-state index is 0.0734. The molecule has 1 heterocycles. The highest BCUT2D eigenvalue weighted by Gasteiger charge is 2.19. The summed E-state index contributed by atoms with van der Waals surface area (Å²) in [5, 5.41) is 17.3. The quantitative estimate of drug-likeness (QED) is 0.269. The topological polar surface area (TPSA) is 93.5 Å². The molecule has 0 spiro atoms. The van der Waals surface area contributed by atoms with E-state index in [4.69, 9.17) is 38.1 Å². The van der Waals surface area contributed by atoms with Gasteiger partial charge in [0.25, 0.3) is 5.91 Å². The van der Waals surface area contributed by atoms with Crippen molar-refractivity contribution >= 4 is 35.1 Å². The fourth-order valence-corrected chi connectivity index (χ4v) is 4.59. The SMILES string of the molecule is COc1ccc(-c2c(C)c(-c3cc(Cl)cc(Cl)c3)nn2Cc2ccc(C(=O)NCCC(=O)O)cc2)cc1. The number of carboxylic acid groups (broad SMARTS) is 1. The third-order valence-electron chi connectivity index (χ3n) is 5.86. The van der Waals surface area contributed by atoms with E-state index in [-0.39, 0.29) is 18.9 Å². The van der Waals surface area contributed by atoms with E-state index >= 15 is 0 Å². The largest absolute Gasteiger partial charge is 0.497 e. The summed E-state index contributed by atoms with van der Waals surface area (Å²) in [7, 11) is 1.63. The lowest BCUT2D eigenvalue weighted by Crippen LogP contribution is -2.25. The molecule has 0 fully saturated rings. The van der Waals surface area contributed by atoms with Gasteiger partial charge in [-0.05, 0) is 67.1 Å². The van der Waals surface area contributed by atoms with Crippen LogP contribution in [0, 0.1) is 6.92 Å². The average molecular weight is 538 g/mol. The van der Waals surface area contributed by atoms with Crippen molar-refractivity contribution in [1.82, 2.24) is 15.1 Å². The standard InChI is InChI=1S/C28H25Cl2N3O4/c1-17-26(21-13-22(29)15-23(30)14-21)32-33(27(17)19-7-9-24(37-2)10-8-19)16-18-3-5-20(6-4-18)28(36)31-12-11-25(34)35/h3-10,13-15H,11-12,16H2,1-2H3,(H,31,36)(H,34,35). The van der Waals surface area contributed by atoms with Crippen LogP contribution in [0.2, 0.25) is 10.0 Å². The molecule has 0 aliphatic heterocycles. The number of methoxy groups -OCH3 is 1. The number of carbonyl (C=O) groups excluding carboxylic acids is 1. The van der Waals surface area contributed by atoms with E-state index in [0.717, 1.165) is 39.4 Å². The first-order valence-electron chi connectivity index (χ1n) is 11.5. The number of aliphatic carboxylic acids is 1. The third-order valence-corrected chi connectivity index (χ3v) is 6.30. The van der Waals surface area contributed by atoms with Gasteiger partial charge >= 0.3 is 5.97 Å².